The predicted octanol–water partition coefficient (Wildman–Crippen LogP) is 2.82. The number of aromatic amines is 1. The van der Waals surface area contributed by atoms with Crippen molar-refractivity contribution < 1.29 is 14.4 Å². The summed E-state index contributed by atoms with van der Waals surface area (Å²) in [6.07, 6.45) is 0.627. The van der Waals surface area contributed by atoms with Crippen LogP contribution in [0.5, 0.6) is 0 Å². The summed E-state index contributed by atoms with van der Waals surface area (Å²) in [5.41, 5.74) is 2.62. The molecule has 0 spiro atoms. The van der Waals surface area contributed by atoms with Crippen molar-refractivity contribution in [1.82, 2.24) is 20.2 Å². The lowest BCUT2D eigenvalue weighted by Crippen LogP contribution is -2.32. The molecule has 0 radical (unpaired) electrons. The first kappa shape index (κ1) is 17.9. The number of carbonyl (C=O) groups excluding carboxylic acids is 3. The van der Waals surface area contributed by atoms with Crippen LogP contribution in [0.25, 0.3) is 11.0 Å². The number of imide groups is 1. The van der Waals surface area contributed by atoms with Crippen LogP contribution in [0.1, 0.15) is 52.3 Å². The minimum Gasteiger partial charge on any atom is -0.346 e. The Kier molecular flexibility index (Phi) is 4.65. The SMILES string of the molecule is CC(NC(=O)CCCN1C(=O)c2ccccc2C1=O)c1nc2ccccc2[nH]1. The highest BCUT2D eigenvalue weighted by atomic mass is 16.2. The van der Waals surface area contributed by atoms with Crippen LogP contribution in [-0.4, -0.2) is 39.1 Å². The number of H-pyrrole nitrogens is 1. The Labute approximate surface area is 161 Å². The number of hydrogen-bond donors (Lipinski definition) is 2. The Balaban J connectivity index is 1.30. The van der Waals surface area contributed by atoms with Gasteiger partial charge in [-0.15, -0.1) is 0 Å². The number of benzene rings is 2. The van der Waals surface area contributed by atoms with Crippen LogP contribution in [0.4, 0.5) is 0 Å². The molecule has 142 valence electrons. The molecule has 7 heteroatoms. The molecule has 0 aliphatic carbocycles. The van der Waals surface area contributed by atoms with Gasteiger partial charge in [-0.3, -0.25) is 19.3 Å². The van der Waals surface area contributed by atoms with Crippen molar-refractivity contribution in [2.24, 2.45) is 0 Å². The average molecular weight is 376 g/mol. The molecule has 0 saturated carbocycles. The van der Waals surface area contributed by atoms with Crippen molar-refractivity contribution in [1.29, 1.82) is 0 Å². The van der Waals surface area contributed by atoms with E-state index < -0.39 is 0 Å². The van der Waals surface area contributed by atoms with Crippen LogP contribution >= 0.6 is 0 Å². The second-order valence-corrected chi connectivity index (χ2v) is 6.84. The van der Waals surface area contributed by atoms with E-state index in [1.807, 2.05) is 31.2 Å². The number of para-hydroxylation sites is 2. The number of carbonyl (C=O) groups is 3. The standard InChI is InChI=1S/C21H20N4O3/c1-13(19-23-16-9-4-5-10-17(16)24-19)22-18(26)11-6-12-25-20(27)14-7-2-3-8-15(14)21(25)28/h2-5,7-10,13H,6,11-12H2,1H3,(H,22,26)(H,23,24). The fourth-order valence-corrected chi connectivity index (χ4v) is 3.40. The first-order valence-electron chi connectivity index (χ1n) is 9.24. The van der Waals surface area contributed by atoms with Crippen LogP contribution in [-0.2, 0) is 4.79 Å². The van der Waals surface area contributed by atoms with E-state index in [-0.39, 0.29) is 36.7 Å². The Bertz CT molecular complexity index is 1000. The zero-order valence-electron chi connectivity index (χ0n) is 15.4. The van der Waals surface area contributed by atoms with Gasteiger partial charge in [-0.1, -0.05) is 24.3 Å². The molecular weight excluding hydrogens is 356 g/mol. The molecule has 1 unspecified atom stereocenters. The second-order valence-electron chi connectivity index (χ2n) is 6.84. The second kappa shape index (κ2) is 7.26. The molecule has 7 nitrogen and oxygen atoms in total. The molecule has 3 aromatic rings. The van der Waals surface area contributed by atoms with Gasteiger partial charge < -0.3 is 10.3 Å². The summed E-state index contributed by atoms with van der Waals surface area (Å²) < 4.78 is 0. The smallest absolute Gasteiger partial charge is 0.261 e. The predicted molar refractivity (Wildman–Crippen MR) is 104 cm³/mol. The number of fused-ring (bicyclic) bond motifs is 2. The molecule has 1 atom stereocenters. The number of rotatable bonds is 6. The van der Waals surface area contributed by atoms with E-state index in [0.717, 1.165) is 11.0 Å². The van der Waals surface area contributed by atoms with E-state index in [1.165, 1.54) is 4.90 Å². The van der Waals surface area contributed by atoms with E-state index in [4.69, 9.17) is 0 Å². The third-order valence-corrected chi connectivity index (χ3v) is 4.86. The van der Waals surface area contributed by atoms with Crippen molar-refractivity contribution >= 4 is 28.8 Å². The summed E-state index contributed by atoms with van der Waals surface area (Å²) in [5.74, 6) is -0.0484. The van der Waals surface area contributed by atoms with Crippen LogP contribution in [0.3, 0.4) is 0 Å². The third kappa shape index (κ3) is 3.26. The van der Waals surface area contributed by atoms with E-state index in [0.29, 0.717) is 23.4 Å². The largest absolute Gasteiger partial charge is 0.346 e. The molecule has 1 aromatic heterocycles. The van der Waals surface area contributed by atoms with Gasteiger partial charge in [0, 0.05) is 13.0 Å². The van der Waals surface area contributed by atoms with E-state index in [9.17, 15) is 14.4 Å². The first-order chi connectivity index (χ1) is 13.5. The summed E-state index contributed by atoms with van der Waals surface area (Å²) in [7, 11) is 0. The topological polar surface area (TPSA) is 95.2 Å². The van der Waals surface area contributed by atoms with Gasteiger partial charge >= 0.3 is 0 Å². The maximum atomic E-state index is 12.3. The molecule has 2 N–H and O–H groups in total. The molecular formula is C21H20N4O3. The molecule has 2 aromatic carbocycles. The van der Waals surface area contributed by atoms with Crippen molar-refractivity contribution in [2.45, 2.75) is 25.8 Å². The van der Waals surface area contributed by atoms with Crippen molar-refractivity contribution in [3.63, 3.8) is 0 Å². The fraction of sp³-hybridized carbons (Fsp3) is 0.238. The van der Waals surface area contributed by atoms with Crippen molar-refractivity contribution in [3.05, 3.63) is 65.5 Å². The lowest BCUT2D eigenvalue weighted by molar-refractivity contribution is -0.121. The summed E-state index contributed by atoms with van der Waals surface area (Å²) in [4.78, 5) is 45.8. The number of imidazole rings is 1. The zero-order chi connectivity index (χ0) is 19.7. The van der Waals surface area contributed by atoms with Gasteiger partial charge in [0.05, 0.1) is 28.2 Å². The minimum absolute atomic E-state index is 0.149. The summed E-state index contributed by atoms with van der Waals surface area (Å²) >= 11 is 0. The molecule has 0 bridgehead atoms. The van der Waals surface area contributed by atoms with Crippen molar-refractivity contribution in [2.75, 3.05) is 6.54 Å². The van der Waals surface area contributed by atoms with E-state index >= 15 is 0 Å². The minimum atomic E-state index is -0.295. The molecule has 2 heterocycles. The first-order valence-corrected chi connectivity index (χ1v) is 9.24. The maximum absolute atomic E-state index is 12.3. The third-order valence-electron chi connectivity index (χ3n) is 4.86. The number of hydrogen-bond acceptors (Lipinski definition) is 4. The van der Waals surface area contributed by atoms with E-state index in [1.54, 1.807) is 24.3 Å². The highest BCUT2D eigenvalue weighted by Crippen LogP contribution is 2.22. The quantitative estimate of drug-likeness (QED) is 0.647. The lowest BCUT2D eigenvalue weighted by Gasteiger charge is -2.14. The maximum Gasteiger partial charge on any atom is 0.261 e. The average Bonchev–Trinajstić information content (AvgIpc) is 3.23. The zero-order valence-corrected chi connectivity index (χ0v) is 15.4. The fourth-order valence-electron chi connectivity index (χ4n) is 3.40. The van der Waals surface area contributed by atoms with Crippen LogP contribution < -0.4 is 5.32 Å². The Morgan fingerprint density at radius 1 is 1.07 bits per heavy atom. The number of nitrogens with zero attached hydrogens (tertiary/aromatic N) is 2. The summed E-state index contributed by atoms with van der Waals surface area (Å²) in [6.45, 7) is 2.08. The van der Waals surface area contributed by atoms with Gasteiger partial charge in [-0.25, -0.2) is 4.98 Å². The van der Waals surface area contributed by atoms with Gasteiger partial charge in [0.25, 0.3) is 11.8 Å². The summed E-state index contributed by atoms with van der Waals surface area (Å²) in [5, 5.41) is 2.90. The molecule has 1 aliphatic rings. The molecule has 0 fully saturated rings. The Morgan fingerprint density at radius 3 is 2.39 bits per heavy atom. The molecule has 4 rings (SSSR count). The molecule has 0 saturated heterocycles. The Hall–Kier alpha value is -3.48. The normalized spacial score (nSPS) is 14.4. The highest BCUT2D eigenvalue weighted by molar-refractivity contribution is 6.21. The molecule has 3 amide bonds. The van der Waals surface area contributed by atoms with Gasteiger partial charge in [-0.05, 0) is 37.6 Å². The highest BCUT2D eigenvalue weighted by Gasteiger charge is 2.34. The summed E-state index contributed by atoms with van der Waals surface area (Å²) in [6, 6.07) is 14.2. The van der Waals surface area contributed by atoms with E-state index in [2.05, 4.69) is 15.3 Å². The molecule has 28 heavy (non-hydrogen) atoms. The van der Waals surface area contributed by atoms with Crippen LogP contribution in [0.15, 0.2) is 48.5 Å². The van der Waals surface area contributed by atoms with Gasteiger partial charge in [0.2, 0.25) is 5.91 Å². The monoisotopic (exact) mass is 376 g/mol. The lowest BCUT2D eigenvalue weighted by atomic mass is 10.1. The van der Waals surface area contributed by atoms with Gasteiger partial charge in [0.1, 0.15) is 5.82 Å². The van der Waals surface area contributed by atoms with Gasteiger partial charge in [-0.2, -0.15) is 0 Å². The number of aromatic nitrogens is 2. The number of amides is 3. The van der Waals surface area contributed by atoms with Crippen LogP contribution in [0.2, 0.25) is 0 Å². The van der Waals surface area contributed by atoms with Crippen molar-refractivity contribution in [3.8, 4) is 0 Å². The Morgan fingerprint density at radius 2 is 1.71 bits per heavy atom. The van der Waals surface area contributed by atoms with Crippen LogP contribution in [0, 0.1) is 0 Å². The van der Waals surface area contributed by atoms with Gasteiger partial charge in [0.15, 0.2) is 0 Å². The molecule has 1 aliphatic heterocycles. The number of nitrogens with one attached hydrogen (secondary N) is 2.